The molecule has 0 bridgehead atoms. The van der Waals surface area contributed by atoms with Gasteiger partial charge in [-0.05, 0) is 26.2 Å². The SMILES string of the molecule is CCCNc1cc(OCCOCC)nc(C2CC2)n1. The Morgan fingerprint density at radius 2 is 2.11 bits per heavy atom. The number of rotatable bonds is 9. The Morgan fingerprint density at radius 1 is 1.26 bits per heavy atom. The van der Waals surface area contributed by atoms with Crippen molar-refractivity contribution >= 4 is 5.82 Å². The zero-order chi connectivity index (χ0) is 13.5. The fraction of sp³-hybridized carbons (Fsp3) is 0.714. The summed E-state index contributed by atoms with van der Waals surface area (Å²) in [5.74, 6) is 2.95. The number of ether oxygens (including phenoxy) is 2. The minimum atomic E-state index is 0.526. The number of nitrogens with one attached hydrogen (secondary N) is 1. The molecular weight excluding hydrogens is 242 g/mol. The molecule has 0 amide bonds. The Labute approximate surface area is 114 Å². The average Bonchev–Trinajstić information content (AvgIpc) is 3.26. The standard InChI is InChI=1S/C14H23N3O2/c1-3-7-15-12-10-13(19-9-8-18-4-2)17-14(16-12)11-5-6-11/h10-11H,3-9H2,1-2H3,(H,15,16,17). The van der Waals surface area contributed by atoms with Crippen LogP contribution in [0.4, 0.5) is 5.82 Å². The summed E-state index contributed by atoms with van der Waals surface area (Å²) in [5.41, 5.74) is 0. The lowest BCUT2D eigenvalue weighted by Crippen LogP contribution is -2.10. The van der Waals surface area contributed by atoms with Gasteiger partial charge in [-0.2, -0.15) is 4.98 Å². The van der Waals surface area contributed by atoms with Crippen molar-refractivity contribution in [2.75, 3.05) is 31.7 Å². The Balaban J connectivity index is 1.97. The first-order valence-electron chi connectivity index (χ1n) is 7.16. The fourth-order valence-electron chi connectivity index (χ4n) is 1.73. The van der Waals surface area contributed by atoms with Crippen LogP contribution in [0, 0.1) is 0 Å². The van der Waals surface area contributed by atoms with Gasteiger partial charge in [-0.1, -0.05) is 6.92 Å². The molecule has 0 saturated heterocycles. The van der Waals surface area contributed by atoms with Crippen LogP contribution in [0.2, 0.25) is 0 Å². The number of hydrogen-bond acceptors (Lipinski definition) is 5. The maximum atomic E-state index is 5.63. The molecule has 0 unspecified atom stereocenters. The average molecular weight is 265 g/mol. The van der Waals surface area contributed by atoms with Crippen LogP contribution < -0.4 is 10.1 Å². The topological polar surface area (TPSA) is 56.3 Å². The summed E-state index contributed by atoms with van der Waals surface area (Å²) in [6.45, 7) is 6.86. The molecule has 1 N–H and O–H groups in total. The number of anilines is 1. The first kappa shape index (κ1) is 14.1. The highest BCUT2D eigenvalue weighted by atomic mass is 16.5. The molecule has 1 saturated carbocycles. The molecule has 5 heteroatoms. The van der Waals surface area contributed by atoms with Crippen molar-refractivity contribution in [2.45, 2.75) is 39.0 Å². The monoisotopic (exact) mass is 265 g/mol. The second-order valence-electron chi connectivity index (χ2n) is 4.70. The van der Waals surface area contributed by atoms with Crippen LogP contribution in [-0.2, 0) is 4.74 Å². The van der Waals surface area contributed by atoms with Gasteiger partial charge in [0.2, 0.25) is 5.88 Å². The molecule has 2 rings (SSSR count). The van der Waals surface area contributed by atoms with Crippen molar-refractivity contribution in [3.8, 4) is 5.88 Å². The second kappa shape index (κ2) is 7.28. The summed E-state index contributed by atoms with van der Waals surface area (Å²) in [4.78, 5) is 9.02. The number of aromatic nitrogens is 2. The molecule has 1 aromatic heterocycles. The van der Waals surface area contributed by atoms with Gasteiger partial charge in [0.15, 0.2) is 0 Å². The van der Waals surface area contributed by atoms with Crippen molar-refractivity contribution in [1.82, 2.24) is 9.97 Å². The highest BCUT2D eigenvalue weighted by Gasteiger charge is 2.27. The van der Waals surface area contributed by atoms with E-state index in [0.29, 0.717) is 31.6 Å². The zero-order valence-corrected chi connectivity index (χ0v) is 11.8. The largest absolute Gasteiger partial charge is 0.475 e. The van der Waals surface area contributed by atoms with E-state index in [0.717, 1.165) is 24.6 Å². The van der Waals surface area contributed by atoms with E-state index in [1.54, 1.807) is 0 Å². The van der Waals surface area contributed by atoms with E-state index in [2.05, 4.69) is 22.2 Å². The van der Waals surface area contributed by atoms with Gasteiger partial charge in [0, 0.05) is 25.1 Å². The predicted molar refractivity (Wildman–Crippen MR) is 74.8 cm³/mol. The first-order valence-corrected chi connectivity index (χ1v) is 7.16. The molecule has 0 spiro atoms. The van der Waals surface area contributed by atoms with Crippen molar-refractivity contribution in [3.05, 3.63) is 11.9 Å². The van der Waals surface area contributed by atoms with Crippen molar-refractivity contribution < 1.29 is 9.47 Å². The summed E-state index contributed by atoms with van der Waals surface area (Å²) < 4.78 is 10.9. The highest BCUT2D eigenvalue weighted by molar-refractivity contribution is 5.39. The zero-order valence-electron chi connectivity index (χ0n) is 11.8. The Hall–Kier alpha value is -1.36. The van der Waals surface area contributed by atoms with E-state index in [1.807, 2.05) is 13.0 Å². The third kappa shape index (κ3) is 4.67. The molecule has 1 aromatic rings. The molecule has 0 atom stereocenters. The van der Waals surface area contributed by atoms with E-state index < -0.39 is 0 Å². The van der Waals surface area contributed by atoms with E-state index in [1.165, 1.54) is 12.8 Å². The molecule has 0 radical (unpaired) electrons. The molecule has 0 aromatic carbocycles. The van der Waals surface area contributed by atoms with Gasteiger partial charge in [-0.25, -0.2) is 4.98 Å². The normalized spacial score (nSPS) is 14.4. The summed E-state index contributed by atoms with van der Waals surface area (Å²) in [7, 11) is 0. The Morgan fingerprint density at radius 3 is 2.79 bits per heavy atom. The van der Waals surface area contributed by atoms with Gasteiger partial charge in [0.1, 0.15) is 18.2 Å². The fourth-order valence-corrected chi connectivity index (χ4v) is 1.73. The van der Waals surface area contributed by atoms with Gasteiger partial charge in [0.25, 0.3) is 0 Å². The Kier molecular flexibility index (Phi) is 5.39. The van der Waals surface area contributed by atoms with E-state index in [-0.39, 0.29) is 0 Å². The molecule has 1 fully saturated rings. The molecule has 1 aliphatic rings. The number of hydrogen-bond donors (Lipinski definition) is 1. The predicted octanol–water partition coefficient (Wildman–Crippen LogP) is 2.59. The molecule has 1 heterocycles. The summed E-state index contributed by atoms with van der Waals surface area (Å²) >= 11 is 0. The second-order valence-corrected chi connectivity index (χ2v) is 4.70. The molecule has 1 aliphatic carbocycles. The molecule has 5 nitrogen and oxygen atoms in total. The van der Waals surface area contributed by atoms with E-state index in [9.17, 15) is 0 Å². The maximum absolute atomic E-state index is 5.63. The minimum Gasteiger partial charge on any atom is -0.475 e. The van der Waals surface area contributed by atoms with Crippen LogP contribution in [0.3, 0.4) is 0 Å². The van der Waals surface area contributed by atoms with Crippen LogP contribution in [0.25, 0.3) is 0 Å². The summed E-state index contributed by atoms with van der Waals surface area (Å²) in [5, 5.41) is 3.30. The molecule has 19 heavy (non-hydrogen) atoms. The summed E-state index contributed by atoms with van der Waals surface area (Å²) in [6, 6.07) is 1.87. The van der Waals surface area contributed by atoms with E-state index in [4.69, 9.17) is 9.47 Å². The number of nitrogens with zero attached hydrogens (tertiary/aromatic N) is 2. The quantitative estimate of drug-likeness (QED) is 0.695. The third-order valence-electron chi connectivity index (χ3n) is 2.90. The van der Waals surface area contributed by atoms with Crippen LogP contribution in [-0.4, -0.2) is 36.3 Å². The van der Waals surface area contributed by atoms with Crippen LogP contribution in [0.1, 0.15) is 44.9 Å². The molecule has 106 valence electrons. The van der Waals surface area contributed by atoms with Crippen LogP contribution in [0.15, 0.2) is 6.07 Å². The maximum Gasteiger partial charge on any atom is 0.218 e. The van der Waals surface area contributed by atoms with Crippen molar-refractivity contribution in [3.63, 3.8) is 0 Å². The van der Waals surface area contributed by atoms with Crippen LogP contribution in [0.5, 0.6) is 5.88 Å². The minimum absolute atomic E-state index is 0.526. The Bertz CT molecular complexity index is 394. The van der Waals surface area contributed by atoms with Crippen molar-refractivity contribution in [2.24, 2.45) is 0 Å². The first-order chi connectivity index (χ1) is 9.33. The lowest BCUT2D eigenvalue weighted by Gasteiger charge is -2.10. The highest BCUT2D eigenvalue weighted by Crippen LogP contribution is 2.39. The lowest BCUT2D eigenvalue weighted by molar-refractivity contribution is 0.108. The van der Waals surface area contributed by atoms with Gasteiger partial charge in [-0.3, -0.25) is 0 Å². The van der Waals surface area contributed by atoms with Crippen LogP contribution >= 0.6 is 0 Å². The van der Waals surface area contributed by atoms with Gasteiger partial charge < -0.3 is 14.8 Å². The van der Waals surface area contributed by atoms with Gasteiger partial charge >= 0.3 is 0 Å². The molecule has 0 aliphatic heterocycles. The van der Waals surface area contributed by atoms with Gasteiger partial charge in [-0.15, -0.1) is 0 Å². The lowest BCUT2D eigenvalue weighted by atomic mass is 10.4. The van der Waals surface area contributed by atoms with E-state index >= 15 is 0 Å². The van der Waals surface area contributed by atoms with Crippen molar-refractivity contribution in [1.29, 1.82) is 0 Å². The summed E-state index contributed by atoms with van der Waals surface area (Å²) in [6.07, 6.45) is 3.45. The third-order valence-corrected chi connectivity index (χ3v) is 2.90. The van der Waals surface area contributed by atoms with Gasteiger partial charge in [0.05, 0.1) is 6.61 Å². The molecular formula is C14H23N3O2. The smallest absolute Gasteiger partial charge is 0.218 e.